The van der Waals surface area contributed by atoms with Crippen molar-refractivity contribution in [1.29, 1.82) is 0 Å². The van der Waals surface area contributed by atoms with E-state index in [1.54, 1.807) is 0 Å². The minimum absolute atomic E-state index is 0.843. The zero-order valence-corrected chi connectivity index (χ0v) is 10.1. The number of nitrogens with zero attached hydrogens (tertiary/aromatic N) is 1. The lowest BCUT2D eigenvalue weighted by atomic mass is 10.2. The highest BCUT2D eigenvalue weighted by Gasteiger charge is 2.11. The first-order valence-electron chi connectivity index (χ1n) is 6.41. The number of para-hydroxylation sites is 1. The van der Waals surface area contributed by atoms with Gasteiger partial charge in [0.15, 0.2) is 0 Å². The fraction of sp³-hybridized carbons (Fsp3) is 0.429. The highest BCUT2D eigenvalue weighted by Crippen LogP contribution is 2.21. The lowest BCUT2D eigenvalue weighted by Gasteiger charge is -2.13. The average molecular weight is 229 g/mol. The molecule has 0 bridgehead atoms. The van der Waals surface area contributed by atoms with Gasteiger partial charge in [-0.25, -0.2) is 0 Å². The van der Waals surface area contributed by atoms with E-state index in [0.717, 1.165) is 24.2 Å². The fourth-order valence-electron chi connectivity index (χ4n) is 2.66. The standard InChI is InChI=1S/C14H19N3/c15-13-5-3-4-11-10-12(16-14(11)13)6-9-17-7-1-2-8-17/h3-5,10,16H,1-2,6-9,15H2. The molecule has 0 atom stereocenters. The Kier molecular flexibility index (Phi) is 2.77. The van der Waals surface area contributed by atoms with Crippen molar-refractivity contribution in [2.45, 2.75) is 19.3 Å². The second-order valence-electron chi connectivity index (χ2n) is 4.90. The molecule has 3 rings (SSSR count). The molecule has 3 nitrogen and oxygen atoms in total. The number of nitrogens with one attached hydrogen (secondary N) is 1. The molecule has 0 saturated carbocycles. The summed E-state index contributed by atoms with van der Waals surface area (Å²) in [7, 11) is 0. The first-order valence-corrected chi connectivity index (χ1v) is 6.41. The van der Waals surface area contributed by atoms with Crippen molar-refractivity contribution in [3.63, 3.8) is 0 Å². The van der Waals surface area contributed by atoms with E-state index in [9.17, 15) is 0 Å². The molecule has 90 valence electrons. The molecule has 1 aliphatic rings. The molecule has 0 aliphatic carbocycles. The molecule has 0 spiro atoms. The van der Waals surface area contributed by atoms with Crippen molar-refractivity contribution < 1.29 is 0 Å². The van der Waals surface area contributed by atoms with Gasteiger partial charge in [0, 0.05) is 24.0 Å². The Morgan fingerprint density at radius 2 is 2.06 bits per heavy atom. The summed E-state index contributed by atoms with van der Waals surface area (Å²) >= 11 is 0. The van der Waals surface area contributed by atoms with E-state index < -0.39 is 0 Å². The molecular formula is C14H19N3. The van der Waals surface area contributed by atoms with Gasteiger partial charge in [0.25, 0.3) is 0 Å². The molecule has 1 aliphatic heterocycles. The summed E-state index contributed by atoms with van der Waals surface area (Å²) < 4.78 is 0. The van der Waals surface area contributed by atoms with Crippen molar-refractivity contribution in [3.05, 3.63) is 30.0 Å². The second kappa shape index (κ2) is 4.41. The van der Waals surface area contributed by atoms with E-state index in [1.807, 2.05) is 12.1 Å². The van der Waals surface area contributed by atoms with Crippen LogP contribution >= 0.6 is 0 Å². The van der Waals surface area contributed by atoms with Gasteiger partial charge in [-0.15, -0.1) is 0 Å². The van der Waals surface area contributed by atoms with Crippen molar-refractivity contribution in [3.8, 4) is 0 Å². The lowest BCUT2D eigenvalue weighted by molar-refractivity contribution is 0.342. The van der Waals surface area contributed by atoms with Crippen LogP contribution in [-0.2, 0) is 6.42 Å². The highest BCUT2D eigenvalue weighted by molar-refractivity contribution is 5.90. The average Bonchev–Trinajstić information content (AvgIpc) is 2.95. The fourth-order valence-corrected chi connectivity index (χ4v) is 2.66. The Morgan fingerprint density at radius 3 is 2.82 bits per heavy atom. The van der Waals surface area contributed by atoms with Crippen LogP contribution < -0.4 is 5.73 Å². The minimum atomic E-state index is 0.843. The van der Waals surface area contributed by atoms with Crippen LogP contribution in [0.5, 0.6) is 0 Å². The molecule has 1 aromatic heterocycles. The minimum Gasteiger partial charge on any atom is -0.397 e. The quantitative estimate of drug-likeness (QED) is 0.794. The molecule has 2 aromatic rings. The molecule has 0 amide bonds. The molecule has 1 aromatic carbocycles. The topological polar surface area (TPSA) is 45.0 Å². The number of benzene rings is 1. The van der Waals surface area contributed by atoms with E-state index in [4.69, 9.17) is 5.73 Å². The number of nitrogen functional groups attached to an aromatic ring is 1. The molecule has 2 heterocycles. The number of hydrogen-bond acceptors (Lipinski definition) is 2. The Morgan fingerprint density at radius 1 is 1.24 bits per heavy atom. The summed E-state index contributed by atoms with van der Waals surface area (Å²) in [4.78, 5) is 5.97. The molecule has 17 heavy (non-hydrogen) atoms. The van der Waals surface area contributed by atoms with Crippen LogP contribution in [0.25, 0.3) is 10.9 Å². The number of anilines is 1. The second-order valence-corrected chi connectivity index (χ2v) is 4.90. The molecular weight excluding hydrogens is 210 g/mol. The third-order valence-corrected chi connectivity index (χ3v) is 3.64. The Balaban J connectivity index is 1.74. The van der Waals surface area contributed by atoms with Crippen molar-refractivity contribution in [2.24, 2.45) is 0 Å². The van der Waals surface area contributed by atoms with E-state index in [1.165, 1.54) is 37.0 Å². The van der Waals surface area contributed by atoms with Crippen LogP contribution in [0.4, 0.5) is 5.69 Å². The maximum atomic E-state index is 5.95. The van der Waals surface area contributed by atoms with Gasteiger partial charge < -0.3 is 15.6 Å². The summed E-state index contributed by atoms with van der Waals surface area (Å²) in [5.74, 6) is 0. The maximum Gasteiger partial charge on any atom is 0.0689 e. The first kappa shape index (κ1) is 10.7. The third-order valence-electron chi connectivity index (χ3n) is 3.64. The Bertz CT molecular complexity index is 509. The monoisotopic (exact) mass is 229 g/mol. The summed E-state index contributed by atoms with van der Waals surface area (Å²) in [6.45, 7) is 3.69. The van der Waals surface area contributed by atoms with Crippen LogP contribution in [0.15, 0.2) is 24.3 Å². The highest BCUT2D eigenvalue weighted by atomic mass is 15.1. The van der Waals surface area contributed by atoms with Crippen LogP contribution in [-0.4, -0.2) is 29.5 Å². The molecule has 0 unspecified atom stereocenters. The third kappa shape index (κ3) is 2.15. The van der Waals surface area contributed by atoms with Gasteiger partial charge in [-0.05, 0) is 38.1 Å². The largest absolute Gasteiger partial charge is 0.397 e. The van der Waals surface area contributed by atoms with Gasteiger partial charge in [-0.2, -0.15) is 0 Å². The van der Waals surface area contributed by atoms with Gasteiger partial charge in [-0.1, -0.05) is 12.1 Å². The number of hydrogen-bond donors (Lipinski definition) is 2. The van der Waals surface area contributed by atoms with Gasteiger partial charge in [0.05, 0.1) is 11.2 Å². The zero-order valence-electron chi connectivity index (χ0n) is 10.1. The van der Waals surface area contributed by atoms with Gasteiger partial charge in [0.2, 0.25) is 0 Å². The predicted octanol–water partition coefficient (Wildman–Crippen LogP) is 2.39. The molecule has 0 radical (unpaired) electrons. The summed E-state index contributed by atoms with van der Waals surface area (Å²) in [5, 5.41) is 1.22. The smallest absolute Gasteiger partial charge is 0.0689 e. The van der Waals surface area contributed by atoms with Crippen molar-refractivity contribution in [1.82, 2.24) is 9.88 Å². The van der Waals surface area contributed by atoms with Crippen LogP contribution in [0.2, 0.25) is 0 Å². The Hall–Kier alpha value is -1.48. The Labute approximate surface area is 102 Å². The summed E-state index contributed by atoms with van der Waals surface area (Å²) in [5.41, 5.74) is 9.17. The number of fused-ring (bicyclic) bond motifs is 1. The zero-order chi connectivity index (χ0) is 11.7. The number of nitrogens with two attached hydrogens (primary N) is 1. The van der Waals surface area contributed by atoms with E-state index >= 15 is 0 Å². The number of aromatic amines is 1. The molecule has 3 N–H and O–H groups in total. The number of H-pyrrole nitrogens is 1. The predicted molar refractivity (Wildman–Crippen MR) is 72.1 cm³/mol. The molecule has 1 fully saturated rings. The van der Waals surface area contributed by atoms with Gasteiger partial charge in [-0.3, -0.25) is 0 Å². The van der Waals surface area contributed by atoms with Crippen LogP contribution in [0, 0.1) is 0 Å². The lowest BCUT2D eigenvalue weighted by Crippen LogP contribution is -2.21. The summed E-state index contributed by atoms with van der Waals surface area (Å²) in [6, 6.07) is 8.29. The summed E-state index contributed by atoms with van der Waals surface area (Å²) in [6.07, 6.45) is 3.81. The van der Waals surface area contributed by atoms with E-state index in [-0.39, 0.29) is 0 Å². The van der Waals surface area contributed by atoms with Crippen molar-refractivity contribution >= 4 is 16.6 Å². The number of aromatic nitrogens is 1. The van der Waals surface area contributed by atoms with E-state index in [2.05, 4.69) is 22.0 Å². The molecule has 1 saturated heterocycles. The van der Waals surface area contributed by atoms with Crippen molar-refractivity contribution in [2.75, 3.05) is 25.4 Å². The van der Waals surface area contributed by atoms with Crippen LogP contribution in [0.3, 0.4) is 0 Å². The first-order chi connectivity index (χ1) is 8.33. The SMILES string of the molecule is Nc1cccc2cc(CCN3CCCC3)[nH]c12. The van der Waals surface area contributed by atoms with Gasteiger partial charge in [0.1, 0.15) is 0 Å². The van der Waals surface area contributed by atoms with Crippen LogP contribution in [0.1, 0.15) is 18.5 Å². The maximum absolute atomic E-state index is 5.95. The normalized spacial score (nSPS) is 16.9. The number of rotatable bonds is 3. The number of likely N-dealkylation sites (tertiary alicyclic amines) is 1. The van der Waals surface area contributed by atoms with Gasteiger partial charge >= 0.3 is 0 Å². The van der Waals surface area contributed by atoms with E-state index in [0.29, 0.717) is 0 Å². The molecule has 3 heteroatoms.